The molecule has 0 aliphatic carbocycles. The van der Waals surface area contributed by atoms with Crippen LogP contribution in [0.15, 0.2) is 0 Å². The second-order valence-electron chi connectivity index (χ2n) is 3.77. The van der Waals surface area contributed by atoms with Crippen molar-refractivity contribution < 1.29 is 13.2 Å². The van der Waals surface area contributed by atoms with E-state index in [1.54, 1.807) is 0 Å². The van der Waals surface area contributed by atoms with E-state index in [9.17, 15) is 8.42 Å². The molecule has 0 bridgehead atoms. The van der Waals surface area contributed by atoms with Crippen LogP contribution in [0.5, 0.6) is 0 Å². The summed E-state index contributed by atoms with van der Waals surface area (Å²) in [5.74, 6) is 0.524. The zero-order chi connectivity index (χ0) is 12.6. The molecule has 6 heteroatoms. The Morgan fingerprint density at radius 2 is 2.00 bits per heavy atom. The topological polar surface area (TPSA) is 46.6 Å². The molecule has 0 heterocycles. The van der Waals surface area contributed by atoms with Crippen molar-refractivity contribution in [3.63, 3.8) is 0 Å². The molecule has 0 radical (unpaired) electrons. The first kappa shape index (κ1) is 16.2. The zero-order valence-electron chi connectivity index (χ0n) is 10.3. The van der Waals surface area contributed by atoms with Gasteiger partial charge < -0.3 is 4.74 Å². The van der Waals surface area contributed by atoms with E-state index in [1.807, 2.05) is 20.8 Å². The van der Waals surface area contributed by atoms with E-state index in [4.69, 9.17) is 16.3 Å². The Hall–Kier alpha value is 0.160. The Labute approximate surface area is 104 Å². The summed E-state index contributed by atoms with van der Waals surface area (Å²) < 4.78 is 30.4. The van der Waals surface area contributed by atoms with Gasteiger partial charge in [0.05, 0.1) is 18.5 Å². The minimum Gasteiger partial charge on any atom is -0.378 e. The molecule has 0 N–H and O–H groups in total. The lowest BCUT2D eigenvalue weighted by Gasteiger charge is -2.20. The highest BCUT2D eigenvalue weighted by Crippen LogP contribution is 2.04. The van der Waals surface area contributed by atoms with Crippen LogP contribution in [0.25, 0.3) is 0 Å². The van der Waals surface area contributed by atoms with E-state index in [0.717, 1.165) is 0 Å². The first-order valence-electron chi connectivity index (χ1n) is 5.59. The summed E-state index contributed by atoms with van der Waals surface area (Å²) in [5.41, 5.74) is 0. The fourth-order valence-electron chi connectivity index (χ4n) is 1.25. The largest absolute Gasteiger partial charge is 0.378 e. The fraction of sp³-hybridized carbons (Fsp3) is 1.00. The van der Waals surface area contributed by atoms with Gasteiger partial charge in [0.2, 0.25) is 10.0 Å². The Kier molecular flexibility index (Phi) is 8.36. The van der Waals surface area contributed by atoms with Crippen LogP contribution in [0, 0.1) is 0 Å². The molecule has 0 fully saturated rings. The molecular formula is C10H22ClNO3S. The highest BCUT2D eigenvalue weighted by atomic mass is 35.5. The first-order valence-corrected chi connectivity index (χ1v) is 7.73. The Morgan fingerprint density at radius 1 is 1.38 bits per heavy atom. The lowest BCUT2D eigenvalue weighted by atomic mass is 10.5. The smallest absolute Gasteiger partial charge is 0.216 e. The maximum absolute atomic E-state index is 11.9. The number of hydrogen-bond donors (Lipinski definition) is 0. The summed E-state index contributed by atoms with van der Waals surface area (Å²) in [7, 11) is -3.19. The van der Waals surface area contributed by atoms with Gasteiger partial charge in [-0.05, 0) is 20.3 Å². The molecule has 0 aromatic carbocycles. The standard InChI is InChI=1S/C10H22ClNO3S/c1-4-12(7-5-6-11)16(13,14)9-8-15-10(2)3/h10H,4-9H2,1-3H3. The molecule has 0 amide bonds. The molecular weight excluding hydrogens is 250 g/mol. The zero-order valence-corrected chi connectivity index (χ0v) is 11.9. The average molecular weight is 272 g/mol. The highest BCUT2D eigenvalue weighted by molar-refractivity contribution is 7.89. The van der Waals surface area contributed by atoms with Crippen LogP contribution in [0.2, 0.25) is 0 Å². The van der Waals surface area contributed by atoms with Gasteiger partial charge >= 0.3 is 0 Å². The summed E-state index contributed by atoms with van der Waals surface area (Å²) in [4.78, 5) is 0. The Bertz CT molecular complexity index is 267. The molecule has 0 saturated heterocycles. The summed E-state index contributed by atoms with van der Waals surface area (Å²) in [6, 6.07) is 0. The van der Waals surface area contributed by atoms with E-state index in [0.29, 0.717) is 25.4 Å². The van der Waals surface area contributed by atoms with Crippen LogP contribution >= 0.6 is 11.6 Å². The van der Waals surface area contributed by atoms with Gasteiger partial charge in [-0.25, -0.2) is 12.7 Å². The van der Waals surface area contributed by atoms with Gasteiger partial charge in [0, 0.05) is 19.0 Å². The molecule has 0 unspecified atom stereocenters. The lowest BCUT2D eigenvalue weighted by molar-refractivity contribution is 0.0907. The van der Waals surface area contributed by atoms with Gasteiger partial charge in [-0.15, -0.1) is 11.6 Å². The quantitative estimate of drug-likeness (QED) is 0.600. The maximum atomic E-state index is 11.9. The number of alkyl halides is 1. The molecule has 98 valence electrons. The summed E-state index contributed by atoms with van der Waals surface area (Å²) in [5, 5.41) is 0. The fourth-order valence-corrected chi connectivity index (χ4v) is 2.73. The van der Waals surface area contributed by atoms with Crippen molar-refractivity contribution in [3.05, 3.63) is 0 Å². The molecule has 0 atom stereocenters. The molecule has 0 spiro atoms. The minimum absolute atomic E-state index is 0.0430. The molecule has 16 heavy (non-hydrogen) atoms. The number of rotatable bonds is 9. The molecule has 4 nitrogen and oxygen atoms in total. The predicted octanol–water partition coefficient (Wildman–Crippen LogP) is 1.69. The van der Waals surface area contributed by atoms with Crippen molar-refractivity contribution in [1.29, 1.82) is 0 Å². The Balaban J connectivity index is 4.15. The van der Waals surface area contributed by atoms with E-state index < -0.39 is 10.0 Å². The van der Waals surface area contributed by atoms with Crippen molar-refractivity contribution in [2.45, 2.75) is 33.3 Å². The molecule has 0 aromatic heterocycles. The number of hydrogen-bond acceptors (Lipinski definition) is 3. The third kappa shape index (κ3) is 6.68. The third-order valence-electron chi connectivity index (χ3n) is 2.08. The van der Waals surface area contributed by atoms with E-state index in [-0.39, 0.29) is 18.5 Å². The summed E-state index contributed by atoms with van der Waals surface area (Å²) in [6.45, 7) is 6.83. The van der Waals surface area contributed by atoms with E-state index in [1.165, 1.54) is 4.31 Å². The van der Waals surface area contributed by atoms with Gasteiger partial charge in [-0.2, -0.15) is 0 Å². The van der Waals surface area contributed by atoms with Gasteiger partial charge in [-0.3, -0.25) is 0 Å². The van der Waals surface area contributed by atoms with Crippen LogP contribution in [0.3, 0.4) is 0 Å². The number of nitrogens with zero attached hydrogens (tertiary/aromatic N) is 1. The molecule has 0 saturated carbocycles. The van der Waals surface area contributed by atoms with Crippen LogP contribution in [0.1, 0.15) is 27.2 Å². The lowest BCUT2D eigenvalue weighted by Crippen LogP contribution is -2.35. The van der Waals surface area contributed by atoms with Crippen molar-refractivity contribution in [3.8, 4) is 0 Å². The summed E-state index contributed by atoms with van der Waals surface area (Å²) in [6.07, 6.45) is 0.743. The van der Waals surface area contributed by atoms with Gasteiger partial charge in [0.25, 0.3) is 0 Å². The summed E-state index contributed by atoms with van der Waals surface area (Å²) >= 11 is 5.55. The highest BCUT2D eigenvalue weighted by Gasteiger charge is 2.19. The van der Waals surface area contributed by atoms with Crippen molar-refractivity contribution in [2.24, 2.45) is 0 Å². The second-order valence-corrected chi connectivity index (χ2v) is 6.24. The number of sulfonamides is 1. The van der Waals surface area contributed by atoms with Gasteiger partial charge in [0.1, 0.15) is 0 Å². The average Bonchev–Trinajstić information content (AvgIpc) is 2.17. The van der Waals surface area contributed by atoms with Crippen molar-refractivity contribution >= 4 is 21.6 Å². The number of halogens is 1. The van der Waals surface area contributed by atoms with Crippen molar-refractivity contribution in [1.82, 2.24) is 4.31 Å². The van der Waals surface area contributed by atoms with E-state index >= 15 is 0 Å². The molecule has 0 aromatic rings. The molecule has 0 rings (SSSR count). The first-order chi connectivity index (χ1) is 7.44. The third-order valence-corrected chi connectivity index (χ3v) is 4.26. The van der Waals surface area contributed by atoms with Gasteiger partial charge in [0.15, 0.2) is 0 Å². The van der Waals surface area contributed by atoms with E-state index in [2.05, 4.69) is 0 Å². The molecule has 0 aliphatic heterocycles. The van der Waals surface area contributed by atoms with Crippen LogP contribution in [0.4, 0.5) is 0 Å². The minimum atomic E-state index is -3.19. The van der Waals surface area contributed by atoms with Crippen LogP contribution < -0.4 is 0 Å². The second kappa shape index (κ2) is 8.28. The monoisotopic (exact) mass is 271 g/mol. The maximum Gasteiger partial charge on any atom is 0.216 e. The predicted molar refractivity (Wildman–Crippen MR) is 67.5 cm³/mol. The SMILES string of the molecule is CCN(CCCCl)S(=O)(=O)CCOC(C)C. The van der Waals surface area contributed by atoms with Gasteiger partial charge in [-0.1, -0.05) is 6.92 Å². The molecule has 0 aliphatic rings. The van der Waals surface area contributed by atoms with Crippen LogP contribution in [-0.4, -0.2) is 50.2 Å². The van der Waals surface area contributed by atoms with Crippen molar-refractivity contribution in [2.75, 3.05) is 31.3 Å². The van der Waals surface area contributed by atoms with Crippen LogP contribution in [-0.2, 0) is 14.8 Å². The number of ether oxygens (including phenoxy) is 1. The Morgan fingerprint density at radius 3 is 2.44 bits per heavy atom. The normalized spacial score (nSPS) is 12.6.